The van der Waals surface area contributed by atoms with E-state index in [1.807, 2.05) is 6.92 Å². The van der Waals surface area contributed by atoms with Crippen LogP contribution in [0.1, 0.15) is 19.8 Å². The fourth-order valence-corrected chi connectivity index (χ4v) is 4.33. The van der Waals surface area contributed by atoms with E-state index < -0.39 is 16.1 Å². The van der Waals surface area contributed by atoms with E-state index in [0.29, 0.717) is 25.5 Å². The SMILES string of the molecule is CC(CCl)CS(=O)(=O)N1CCCC(CNC(N)=O)C1. The summed E-state index contributed by atoms with van der Waals surface area (Å²) in [5.74, 6) is 0.477. The number of urea groups is 1. The molecule has 0 aromatic carbocycles. The lowest BCUT2D eigenvalue weighted by molar-refractivity contribution is 0.236. The van der Waals surface area contributed by atoms with Gasteiger partial charge in [0.25, 0.3) is 0 Å². The highest BCUT2D eigenvalue weighted by Gasteiger charge is 2.29. The number of sulfonamides is 1. The first-order chi connectivity index (χ1) is 8.85. The number of amides is 2. The molecule has 6 nitrogen and oxygen atoms in total. The van der Waals surface area contributed by atoms with Gasteiger partial charge in [-0.2, -0.15) is 0 Å². The van der Waals surface area contributed by atoms with Gasteiger partial charge in [0.15, 0.2) is 0 Å². The number of halogens is 1. The lowest BCUT2D eigenvalue weighted by Crippen LogP contribution is -2.45. The standard InChI is InChI=1S/C11H22ClN3O3S/c1-9(5-12)8-19(17,18)15-4-2-3-10(7-15)6-14-11(13)16/h9-10H,2-8H2,1H3,(H3,13,14,16). The minimum atomic E-state index is -3.26. The number of carbonyl (C=O) groups excluding carboxylic acids is 1. The van der Waals surface area contributed by atoms with E-state index in [9.17, 15) is 13.2 Å². The van der Waals surface area contributed by atoms with Gasteiger partial charge in [0.05, 0.1) is 5.75 Å². The second kappa shape index (κ2) is 7.31. The molecule has 0 aliphatic carbocycles. The molecule has 1 heterocycles. The number of nitrogens with one attached hydrogen (secondary N) is 1. The third-order valence-corrected chi connectivity index (χ3v) is 5.83. The molecule has 1 rings (SSSR count). The Morgan fingerprint density at radius 3 is 2.84 bits per heavy atom. The number of hydrogen-bond donors (Lipinski definition) is 2. The van der Waals surface area contributed by atoms with Crippen LogP contribution in [0.15, 0.2) is 0 Å². The second-order valence-electron chi connectivity index (χ2n) is 5.15. The molecule has 1 aliphatic rings. The zero-order valence-electron chi connectivity index (χ0n) is 11.1. The molecule has 1 aliphatic heterocycles. The zero-order chi connectivity index (χ0) is 14.5. The summed E-state index contributed by atoms with van der Waals surface area (Å²) in [6.45, 7) is 3.23. The number of rotatable bonds is 6. The summed E-state index contributed by atoms with van der Waals surface area (Å²) in [4.78, 5) is 10.7. The summed E-state index contributed by atoms with van der Waals surface area (Å²) < 4.78 is 25.9. The van der Waals surface area contributed by atoms with Crippen LogP contribution < -0.4 is 11.1 Å². The van der Waals surface area contributed by atoms with Crippen molar-refractivity contribution in [1.29, 1.82) is 0 Å². The first-order valence-corrected chi connectivity index (χ1v) is 8.56. The maximum Gasteiger partial charge on any atom is 0.312 e. The Hall–Kier alpha value is -0.530. The largest absolute Gasteiger partial charge is 0.352 e. The van der Waals surface area contributed by atoms with Gasteiger partial charge in [0.2, 0.25) is 10.0 Å². The number of piperidine rings is 1. The van der Waals surface area contributed by atoms with Gasteiger partial charge >= 0.3 is 6.03 Å². The van der Waals surface area contributed by atoms with E-state index in [1.165, 1.54) is 4.31 Å². The van der Waals surface area contributed by atoms with Gasteiger partial charge in [-0.3, -0.25) is 0 Å². The smallest absolute Gasteiger partial charge is 0.312 e. The van der Waals surface area contributed by atoms with Crippen LogP contribution in [0.4, 0.5) is 4.79 Å². The Kier molecular flexibility index (Phi) is 6.35. The second-order valence-corrected chi connectivity index (χ2v) is 7.47. The first kappa shape index (κ1) is 16.5. The van der Waals surface area contributed by atoms with Crippen molar-refractivity contribution in [2.45, 2.75) is 19.8 Å². The van der Waals surface area contributed by atoms with Crippen molar-refractivity contribution in [3.63, 3.8) is 0 Å². The molecule has 3 N–H and O–H groups in total. The Morgan fingerprint density at radius 2 is 2.26 bits per heavy atom. The summed E-state index contributed by atoms with van der Waals surface area (Å²) in [5.41, 5.74) is 5.02. The highest BCUT2D eigenvalue weighted by molar-refractivity contribution is 7.89. The third-order valence-electron chi connectivity index (χ3n) is 3.20. The predicted octanol–water partition coefficient (Wildman–Crippen LogP) is 0.571. The van der Waals surface area contributed by atoms with Gasteiger partial charge in [0, 0.05) is 25.5 Å². The fourth-order valence-electron chi connectivity index (χ4n) is 2.20. The molecule has 1 saturated heterocycles. The molecule has 0 bridgehead atoms. The molecule has 0 radical (unpaired) electrons. The summed E-state index contributed by atoms with van der Waals surface area (Å²) in [6, 6.07) is -0.573. The molecule has 0 spiro atoms. The summed E-state index contributed by atoms with van der Waals surface area (Å²) in [5, 5.41) is 2.54. The van der Waals surface area contributed by atoms with Crippen LogP contribution in [0.2, 0.25) is 0 Å². The monoisotopic (exact) mass is 311 g/mol. The van der Waals surface area contributed by atoms with Crippen molar-refractivity contribution >= 4 is 27.7 Å². The van der Waals surface area contributed by atoms with Gasteiger partial charge in [-0.15, -0.1) is 11.6 Å². The molecule has 8 heteroatoms. The van der Waals surface area contributed by atoms with Crippen LogP contribution in [0.3, 0.4) is 0 Å². The predicted molar refractivity (Wildman–Crippen MR) is 75.6 cm³/mol. The lowest BCUT2D eigenvalue weighted by Gasteiger charge is -2.32. The van der Waals surface area contributed by atoms with Crippen LogP contribution >= 0.6 is 11.6 Å². The molecular formula is C11H22ClN3O3S. The van der Waals surface area contributed by atoms with Crippen molar-refractivity contribution in [3.8, 4) is 0 Å². The molecule has 0 saturated carbocycles. The summed E-state index contributed by atoms with van der Waals surface area (Å²) in [6.07, 6.45) is 1.71. The van der Waals surface area contributed by atoms with Gasteiger partial charge in [0.1, 0.15) is 0 Å². The molecule has 19 heavy (non-hydrogen) atoms. The Bertz CT molecular complexity index is 402. The minimum Gasteiger partial charge on any atom is -0.352 e. The quantitative estimate of drug-likeness (QED) is 0.702. The molecule has 0 aromatic rings. The Balaban J connectivity index is 2.56. The fraction of sp³-hybridized carbons (Fsp3) is 0.909. The topological polar surface area (TPSA) is 92.5 Å². The number of primary amides is 1. The molecule has 2 unspecified atom stereocenters. The van der Waals surface area contributed by atoms with Crippen LogP contribution in [0.25, 0.3) is 0 Å². The molecule has 2 atom stereocenters. The van der Waals surface area contributed by atoms with Crippen LogP contribution in [0, 0.1) is 11.8 Å². The van der Waals surface area contributed by atoms with Gasteiger partial charge in [-0.1, -0.05) is 6.92 Å². The first-order valence-electron chi connectivity index (χ1n) is 6.42. The van der Waals surface area contributed by atoms with E-state index in [4.69, 9.17) is 17.3 Å². The third kappa shape index (κ3) is 5.54. The lowest BCUT2D eigenvalue weighted by atomic mass is 10.00. The molecular weight excluding hydrogens is 290 g/mol. The van der Waals surface area contributed by atoms with Gasteiger partial charge in [-0.05, 0) is 24.7 Å². The highest BCUT2D eigenvalue weighted by atomic mass is 35.5. The van der Waals surface area contributed by atoms with Gasteiger partial charge < -0.3 is 11.1 Å². The number of alkyl halides is 1. The molecule has 2 amide bonds. The van der Waals surface area contributed by atoms with E-state index in [0.717, 1.165) is 12.8 Å². The summed E-state index contributed by atoms with van der Waals surface area (Å²) >= 11 is 5.67. The van der Waals surface area contributed by atoms with E-state index in [-0.39, 0.29) is 17.6 Å². The van der Waals surface area contributed by atoms with Crippen molar-refractivity contribution in [3.05, 3.63) is 0 Å². The van der Waals surface area contributed by atoms with Gasteiger partial charge in [-0.25, -0.2) is 17.5 Å². The Labute approximate surface area is 119 Å². The zero-order valence-corrected chi connectivity index (χ0v) is 12.7. The maximum atomic E-state index is 12.2. The van der Waals surface area contributed by atoms with Crippen LogP contribution in [-0.2, 0) is 10.0 Å². The minimum absolute atomic E-state index is 0.0595. The van der Waals surface area contributed by atoms with Crippen LogP contribution in [0.5, 0.6) is 0 Å². The van der Waals surface area contributed by atoms with Crippen molar-refractivity contribution < 1.29 is 13.2 Å². The number of carbonyl (C=O) groups is 1. The van der Waals surface area contributed by atoms with Crippen molar-refractivity contribution in [1.82, 2.24) is 9.62 Å². The normalized spacial score (nSPS) is 22.9. The molecule has 112 valence electrons. The number of nitrogens with zero attached hydrogens (tertiary/aromatic N) is 1. The van der Waals surface area contributed by atoms with Crippen LogP contribution in [-0.4, -0.2) is 50.0 Å². The Morgan fingerprint density at radius 1 is 1.58 bits per heavy atom. The number of hydrogen-bond acceptors (Lipinski definition) is 3. The average Bonchev–Trinajstić information content (AvgIpc) is 2.36. The van der Waals surface area contributed by atoms with E-state index >= 15 is 0 Å². The number of nitrogens with two attached hydrogens (primary N) is 1. The molecule has 1 fully saturated rings. The van der Waals surface area contributed by atoms with E-state index in [1.54, 1.807) is 0 Å². The van der Waals surface area contributed by atoms with Crippen molar-refractivity contribution in [2.75, 3.05) is 31.3 Å². The molecule has 0 aromatic heterocycles. The van der Waals surface area contributed by atoms with E-state index in [2.05, 4.69) is 5.32 Å². The summed E-state index contributed by atoms with van der Waals surface area (Å²) in [7, 11) is -3.26. The highest BCUT2D eigenvalue weighted by Crippen LogP contribution is 2.20. The van der Waals surface area contributed by atoms with Crippen molar-refractivity contribution in [2.24, 2.45) is 17.6 Å². The average molecular weight is 312 g/mol. The maximum absolute atomic E-state index is 12.2.